The van der Waals surface area contributed by atoms with Crippen LogP contribution in [0.2, 0.25) is 0 Å². The number of aryl methyl sites for hydroxylation is 3. The second-order valence-corrected chi connectivity index (χ2v) is 4.41. The maximum absolute atomic E-state index is 10.9. The number of benzene rings is 1. The van der Waals surface area contributed by atoms with Gasteiger partial charge in [0.15, 0.2) is 0 Å². The van der Waals surface area contributed by atoms with Crippen molar-refractivity contribution in [2.75, 3.05) is 0 Å². The van der Waals surface area contributed by atoms with Crippen molar-refractivity contribution in [3.05, 3.63) is 41.1 Å². The van der Waals surface area contributed by atoms with E-state index in [-0.39, 0.29) is 5.91 Å². The van der Waals surface area contributed by atoms with E-state index in [1.807, 2.05) is 6.07 Å². The minimum atomic E-state index is -0.271. The first-order valence-electron chi connectivity index (χ1n) is 5.71. The number of nitrogens with zero attached hydrogens (tertiary/aromatic N) is 1. The van der Waals surface area contributed by atoms with Crippen LogP contribution in [0.3, 0.4) is 0 Å². The van der Waals surface area contributed by atoms with E-state index in [1.165, 1.54) is 11.1 Å². The molecule has 0 aliphatic rings. The highest BCUT2D eigenvalue weighted by atomic mass is 16.1. The van der Waals surface area contributed by atoms with E-state index in [4.69, 9.17) is 5.73 Å². The summed E-state index contributed by atoms with van der Waals surface area (Å²) in [5, 5.41) is 1.16. The quantitative estimate of drug-likeness (QED) is 0.876. The van der Waals surface area contributed by atoms with Crippen molar-refractivity contribution in [2.24, 2.45) is 5.73 Å². The molecular weight excluding hydrogens is 212 g/mol. The number of pyridine rings is 1. The monoisotopic (exact) mass is 228 g/mol. The van der Waals surface area contributed by atoms with Crippen molar-refractivity contribution in [1.29, 1.82) is 0 Å². The Hall–Kier alpha value is -1.90. The topological polar surface area (TPSA) is 56.0 Å². The number of aromatic nitrogens is 1. The second-order valence-electron chi connectivity index (χ2n) is 4.41. The summed E-state index contributed by atoms with van der Waals surface area (Å²) in [5.74, 6) is -0.271. The van der Waals surface area contributed by atoms with Crippen LogP contribution in [-0.2, 0) is 11.2 Å². The van der Waals surface area contributed by atoms with Crippen LogP contribution in [0, 0.1) is 13.8 Å². The van der Waals surface area contributed by atoms with Gasteiger partial charge in [-0.1, -0.05) is 11.6 Å². The van der Waals surface area contributed by atoms with Gasteiger partial charge in [0, 0.05) is 18.0 Å². The fraction of sp³-hybridized carbons (Fsp3) is 0.286. The molecule has 1 heterocycles. The number of hydrogen-bond donors (Lipinski definition) is 1. The number of fused-ring (bicyclic) bond motifs is 1. The Labute approximate surface area is 101 Å². The number of carbonyl (C=O) groups excluding carboxylic acids is 1. The third-order valence-corrected chi connectivity index (χ3v) is 2.93. The van der Waals surface area contributed by atoms with Crippen LogP contribution in [0.4, 0.5) is 0 Å². The summed E-state index contributed by atoms with van der Waals surface area (Å²) < 4.78 is 0. The van der Waals surface area contributed by atoms with Crippen LogP contribution >= 0.6 is 0 Å². The van der Waals surface area contributed by atoms with Crippen molar-refractivity contribution in [3.63, 3.8) is 0 Å². The Balaban J connectivity index is 2.54. The van der Waals surface area contributed by atoms with E-state index < -0.39 is 0 Å². The van der Waals surface area contributed by atoms with Gasteiger partial charge in [0.05, 0.1) is 5.52 Å². The highest BCUT2D eigenvalue weighted by Crippen LogP contribution is 2.22. The van der Waals surface area contributed by atoms with E-state index in [9.17, 15) is 4.79 Å². The lowest BCUT2D eigenvalue weighted by Gasteiger charge is -2.08. The van der Waals surface area contributed by atoms with Crippen molar-refractivity contribution in [3.8, 4) is 0 Å². The summed E-state index contributed by atoms with van der Waals surface area (Å²) in [5.41, 5.74) is 9.67. The molecule has 0 saturated carbocycles. The molecule has 2 N–H and O–H groups in total. The number of amides is 1. The molecule has 3 heteroatoms. The molecule has 0 bridgehead atoms. The zero-order chi connectivity index (χ0) is 12.4. The van der Waals surface area contributed by atoms with Gasteiger partial charge in [-0.05, 0) is 43.5 Å². The number of hydrogen-bond acceptors (Lipinski definition) is 2. The van der Waals surface area contributed by atoms with Gasteiger partial charge in [0.25, 0.3) is 0 Å². The average Bonchev–Trinajstić information content (AvgIpc) is 2.27. The van der Waals surface area contributed by atoms with E-state index in [1.54, 1.807) is 6.20 Å². The third-order valence-electron chi connectivity index (χ3n) is 2.93. The summed E-state index contributed by atoms with van der Waals surface area (Å²) in [6.45, 7) is 4.13. The molecule has 1 aromatic carbocycles. The standard InChI is InChI=1S/C14H16N2O/c1-9-7-11(3-4-13(15)17)14-12(8-9)10(2)5-6-16-14/h5-8H,3-4H2,1-2H3,(H2,15,17). The van der Waals surface area contributed by atoms with Gasteiger partial charge in [0.2, 0.25) is 5.91 Å². The van der Waals surface area contributed by atoms with Crippen LogP contribution in [0.1, 0.15) is 23.1 Å². The molecule has 3 nitrogen and oxygen atoms in total. The fourth-order valence-electron chi connectivity index (χ4n) is 2.07. The molecule has 0 aliphatic heterocycles. The molecule has 0 unspecified atom stereocenters. The molecule has 0 saturated heterocycles. The highest BCUT2D eigenvalue weighted by Gasteiger charge is 2.07. The molecule has 0 aliphatic carbocycles. The van der Waals surface area contributed by atoms with Crippen molar-refractivity contribution >= 4 is 16.8 Å². The number of nitrogens with two attached hydrogens (primary N) is 1. The highest BCUT2D eigenvalue weighted by molar-refractivity contribution is 5.86. The predicted octanol–water partition coefficient (Wildman–Crippen LogP) is 2.27. The zero-order valence-electron chi connectivity index (χ0n) is 10.2. The van der Waals surface area contributed by atoms with Crippen molar-refractivity contribution in [1.82, 2.24) is 4.98 Å². The van der Waals surface area contributed by atoms with Gasteiger partial charge in [-0.2, -0.15) is 0 Å². The summed E-state index contributed by atoms with van der Waals surface area (Å²) >= 11 is 0. The molecule has 0 radical (unpaired) electrons. The molecule has 0 atom stereocenters. The minimum Gasteiger partial charge on any atom is -0.370 e. The van der Waals surface area contributed by atoms with Crippen LogP contribution < -0.4 is 5.73 Å². The smallest absolute Gasteiger partial charge is 0.217 e. The Bertz CT molecular complexity index is 576. The van der Waals surface area contributed by atoms with E-state index in [2.05, 4.69) is 31.0 Å². The maximum atomic E-state index is 10.9. The summed E-state index contributed by atoms with van der Waals surface area (Å²) in [7, 11) is 0. The van der Waals surface area contributed by atoms with Crippen LogP contribution in [0.15, 0.2) is 24.4 Å². The predicted molar refractivity (Wildman–Crippen MR) is 68.7 cm³/mol. The SMILES string of the molecule is Cc1cc(CCC(N)=O)c2nccc(C)c2c1. The van der Waals surface area contributed by atoms with Crippen LogP contribution in [0.5, 0.6) is 0 Å². The molecule has 1 aromatic heterocycles. The fourth-order valence-corrected chi connectivity index (χ4v) is 2.07. The average molecular weight is 228 g/mol. The third kappa shape index (κ3) is 2.44. The molecule has 88 valence electrons. The lowest BCUT2D eigenvalue weighted by Crippen LogP contribution is -2.11. The van der Waals surface area contributed by atoms with E-state index >= 15 is 0 Å². The maximum Gasteiger partial charge on any atom is 0.217 e. The Morgan fingerprint density at radius 1 is 1.35 bits per heavy atom. The first-order chi connectivity index (χ1) is 8.08. The van der Waals surface area contributed by atoms with Gasteiger partial charge in [-0.25, -0.2) is 0 Å². The molecule has 0 spiro atoms. The Morgan fingerprint density at radius 2 is 2.12 bits per heavy atom. The molecule has 1 amide bonds. The molecule has 2 rings (SSSR count). The summed E-state index contributed by atoms with van der Waals surface area (Å²) in [6, 6.07) is 6.21. The lowest BCUT2D eigenvalue weighted by molar-refractivity contribution is -0.117. The first-order valence-corrected chi connectivity index (χ1v) is 5.71. The van der Waals surface area contributed by atoms with Crippen molar-refractivity contribution in [2.45, 2.75) is 26.7 Å². The number of carbonyl (C=O) groups is 1. The van der Waals surface area contributed by atoms with E-state index in [0.717, 1.165) is 16.5 Å². The van der Waals surface area contributed by atoms with Crippen LogP contribution in [-0.4, -0.2) is 10.9 Å². The van der Waals surface area contributed by atoms with E-state index in [0.29, 0.717) is 12.8 Å². The summed E-state index contributed by atoms with van der Waals surface area (Å²) in [4.78, 5) is 15.3. The molecule has 2 aromatic rings. The largest absolute Gasteiger partial charge is 0.370 e. The molecule has 0 fully saturated rings. The Kier molecular flexibility index (Phi) is 3.09. The number of rotatable bonds is 3. The molecule has 17 heavy (non-hydrogen) atoms. The zero-order valence-corrected chi connectivity index (χ0v) is 10.2. The van der Waals surface area contributed by atoms with Gasteiger partial charge >= 0.3 is 0 Å². The normalized spacial score (nSPS) is 10.7. The minimum absolute atomic E-state index is 0.271. The Morgan fingerprint density at radius 3 is 2.82 bits per heavy atom. The van der Waals surface area contributed by atoms with Gasteiger partial charge in [0.1, 0.15) is 0 Å². The second kappa shape index (κ2) is 4.53. The molecular formula is C14H16N2O. The van der Waals surface area contributed by atoms with Gasteiger partial charge in [-0.15, -0.1) is 0 Å². The van der Waals surface area contributed by atoms with Crippen LogP contribution in [0.25, 0.3) is 10.9 Å². The first kappa shape index (κ1) is 11.6. The summed E-state index contributed by atoms with van der Waals surface area (Å²) in [6.07, 6.45) is 2.83. The van der Waals surface area contributed by atoms with Crippen molar-refractivity contribution < 1.29 is 4.79 Å². The lowest BCUT2D eigenvalue weighted by atomic mass is 9.99. The number of primary amides is 1. The van der Waals surface area contributed by atoms with Gasteiger partial charge in [-0.3, -0.25) is 9.78 Å². The van der Waals surface area contributed by atoms with Gasteiger partial charge < -0.3 is 5.73 Å².